The molecule has 3 rings (SSSR count). The maximum atomic E-state index is 12.5. The van der Waals surface area contributed by atoms with E-state index in [-0.39, 0.29) is 5.91 Å². The van der Waals surface area contributed by atoms with Crippen molar-refractivity contribution in [2.75, 3.05) is 5.32 Å². The van der Waals surface area contributed by atoms with E-state index < -0.39 is 0 Å². The van der Waals surface area contributed by atoms with Crippen molar-refractivity contribution in [2.24, 2.45) is 0 Å². The minimum Gasteiger partial charge on any atom is -0.305 e. The molecule has 3 aromatic heterocycles. The predicted octanol–water partition coefficient (Wildman–Crippen LogP) is 3.61. The first-order chi connectivity index (χ1) is 11.1. The summed E-state index contributed by atoms with van der Waals surface area (Å²) < 4.78 is 1.80. The highest BCUT2D eigenvalue weighted by molar-refractivity contribution is 7.13. The topological polar surface area (TPSA) is 75.6 Å². The van der Waals surface area contributed by atoms with Crippen LogP contribution >= 0.6 is 11.3 Å². The second-order valence-corrected chi connectivity index (χ2v) is 6.34. The number of amides is 1. The molecule has 0 radical (unpaired) electrons. The van der Waals surface area contributed by atoms with Crippen molar-refractivity contribution in [1.82, 2.24) is 20.0 Å². The van der Waals surface area contributed by atoms with Gasteiger partial charge in [0.1, 0.15) is 0 Å². The summed E-state index contributed by atoms with van der Waals surface area (Å²) in [4.78, 5) is 13.6. The van der Waals surface area contributed by atoms with Crippen molar-refractivity contribution in [3.63, 3.8) is 0 Å². The van der Waals surface area contributed by atoms with Crippen LogP contribution in [-0.4, -0.2) is 25.9 Å². The molecular weight excluding hydrogens is 310 g/mol. The molecule has 6 nitrogen and oxygen atoms in total. The fraction of sp³-hybridized carbons (Fsp3) is 0.312. The minimum atomic E-state index is -0.183. The fourth-order valence-electron chi connectivity index (χ4n) is 2.44. The average molecular weight is 329 g/mol. The number of rotatable bonds is 5. The lowest BCUT2D eigenvalue weighted by atomic mass is 10.2. The Morgan fingerprint density at radius 2 is 2.26 bits per heavy atom. The average Bonchev–Trinajstić information content (AvgIpc) is 3.22. The third kappa shape index (κ3) is 3.05. The molecule has 0 aliphatic rings. The lowest BCUT2D eigenvalue weighted by Crippen LogP contribution is -2.13. The quantitative estimate of drug-likeness (QED) is 0.751. The van der Waals surface area contributed by atoms with E-state index in [1.54, 1.807) is 22.2 Å². The van der Waals surface area contributed by atoms with Crippen LogP contribution in [0.4, 0.5) is 5.82 Å². The third-order valence-corrected chi connectivity index (χ3v) is 4.54. The molecule has 23 heavy (non-hydrogen) atoms. The van der Waals surface area contributed by atoms with E-state index in [9.17, 15) is 4.79 Å². The van der Waals surface area contributed by atoms with Crippen molar-refractivity contribution >= 4 is 23.1 Å². The summed E-state index contributed by atoms with van der Waals surface area (Å²) in [5.74, 6) is 0.373. The molecule has 0 saturated carbocycles. The molecule has 3 heterocycles. The molecule has 0 spiro atoms. The first-order valence-corrected chi connectivity index (χ1v) is 8.42. The summed E-state index contributed by atoms with van der Waals surface area (Å²) >= 11 is 1.63. The first-order valence-electron chi connectivity index (χ1n) is 7.54. The van der Waals surface area contributed by atoms with Crippen LogP contribution in [0.2, 0.25) is 0 Å². The molecule has 0 aliphatic carbocycles. The van der Waals surface area contributed by atoms with E-state index in [1.807, 2.05) is 31.4 Å². The number of carbonyl (C=O) groups is 1. The molecule has 0 atom stereocenters. The number of aromatic nitrogens is 4. The zero-order chi connectivity index (χ0) is 16.4. The maximum absolute atomic E-state index is 12.5. The molecular formula is C16H19N5OS. The van der Waals surface area contributed by atoms with E-state index in [1.165, 1.54) is 0 Å². The smallest absolute Gasteiger partial charge is 0.260 e. The lowest BCUT2D eigenvalue weighted by molar-refractivity contribution is 0.102. The number of aryl methyl sites for hydroxylation is 2. The van der Waals surface area contributed by atoms with Crippen molar-refractivity contribution < 1.29 is 4.79 Å². The number of carbonyl (C=O) groups excluding carboxylic acids is 1. The monoisotopic (exact) mass is 329 g/mol. The van der Waals surface area contributed by atoms with E-state index in [2.05, 4.69) is 27.5 Å². The van der Waals surface area contributed by atoms with Gasteiger partial charge in [-0.3, -0.25) is 14.6 Å². The molecule has 0 aromatic carbocycles. The van der Waals surface area contributed by atoms with Gasteiger partial charge in [-0.1, -0.05) is 13.0 Å². The Morgan fingerprint density at radius 3 is 2.96 bits per heavy atom. The predicted molar refractivity (Wildman–Crippen MR) is 91.8 cm³/mol. The molecule has 2 N–H and O–H groups in total. The number of nitrogens with zero attached hydrogens (tertiary/aromatic N) is 3. The van der Waals surface area contributed by atoms with Crippen molar-refractivity contribution in [3.05, 3.63) is 40.5 Å². The number of aromatic amines is 1. The van der Waals surface area contributed by atoms with Gasteiger partial charge in [-0.15, -0.1) is 11.3 Å². The largest absolute Gasteiger partial charge is 0.305 e. The molecule has 120 valence electrons. The molecule has 0 aliphatic heterocycles. The van der Waals surface area contributed by atoms with Gasteiger partial charge in [0.15, 0.2) is 5.82 Å². The Bertz CT molecular complexity index is 816. The summed E-state index contributed by atoms with van der Waals surface area (Å²) in [6.45, 7) is 6.67. The first kappa shape index (κ1) is 15.5. The molecule has 1 amide bonds. The molecule has 0 fully saturated rings. The minimum absolute atomic E-state index is 0.183. The van der Waals surface area contributed by atoms with Gasteiger partial charge >= 0.3 is 0 Å². The van der Waals surface area contributed by atoms with Crippen molar-refractivity contribution in [2.45, 2.75) is 33.7 Å². The SMILES string of the molecule is CCCn1cc(C(=O)Nc2n[nH]c(-c3cccs3)c2C)c(C)n1. The van der Waals surface area contributed by atoms with Crippen LogP contribution in [-0.2, 0) is 6.54 Å². The highest BCUT2D eigenvalue weighted by atomic mass is 32.1. The number of hydrogen-bond acceptors (Lipinski definition) is 4. The lowest BCUT2D eigenvalue weighted by Gasteiger charge is -2.02. The van der Waals surface area contributed by atoms with E-state index in [0.717, 1.165) is 34.8 Å². The summed E-state index contributed by atoms with van der Waals surface area (Å²) in [7, 11) is 0. The second-order valence-electron chi connectivity index (χ2n) is 5.39. The van der Waals surface area contributed by atoms with E-state index >= 15 is 0 Å². The van der Waals surface area contributed by atoms with Crippen LogP contribution in [0.1, 0.15) is 35.0 Å². The van der Waals surface area contributed by atoms with Gasteiger partial charge in [-0.05, 0) is 31.7 Å². The highest BCUT2D eigenvalue weighted by Crippen LogP contribution is 2.29. The van der Waals surface area contributed by atoms with Crippen molar-refractivity contribution in [3.8, 4) is 10.6 Å². The Labute approximate surface area is 138 Å². The number of nitrogens with one attached hydrogen (secondary N) is 2. The summed E-state index contributed by atoms with van der Waals surface area (Å²) in [5.41, 5.74) is 3.18. The zero-order valence-electron chi connectivity index (χ0n) is 13.4. The van der Waals surface area contributed by atoms with Gasteiger partial charge in [-0.2, -0.15) is 10.2 Å². The second kappa shape index (κ2) is 6.37. The van der Waals surface area contributed by atoms with Gasteiger partial charge in [0.2, 0.25) is 0 Å². The van der Waals surface area contributed by atoms with Gasteiger partial charge in [0, 0.05) is 18.3 Å². The van der Waals surface area contributed by atoms with E-state index in [4.69, 9.17) is 0 Å². The Balaban J connectivity index is 1.81. The number of H-pyrrole nitrogens is 1. The number of hydrogen-bond donors (Lipinski definition) is 2. The van der Waals surface area contributed by atoms with Gasteiger partial charge in [0.05, 0.1) is 21.8 Å². The normalized spacial score (nSPS) is 10.9. The van der Waals surface area contributed by atoms with Crippen LogP contribution < -0.4 is 5.32 Å². The van der Waals surface area contributed by atoms with Crippen LogP contribution in [0.25, 0.3) is 10.6 Å². The Kier molecular flexibility index (Phi) is 4.29. The molecule has 3 aromatic rings. The van der Waals surface area contributed by atoms with Gasteiger partial charge in [-0.25, -0.2) is 0 Å². The third-order valence-electron chi connectivity index (χ3n) is 3.65. The molecule has 0 bridgehead atoms. The Morgan fingerprint density at radius 1 is 1.43 bits per heavy atom. The highest BCUT2D eigenvalue weighted by Gasteiger charge is 2.17. The maximum Gasteiger partial charge on any atom is 0.260 e. The summed E-state index contributed by atoms with van der Waals surface area (Å²) in [6.07, 6.45) is 2.77. The number of thiophene rings is 1. The van der Waals surface area contributed by atoms with Crippen LogP contribution in [0.15, 0.2) is 23.7 Å². The number of anilines is 1. The summed E-state index contributed by atoms with van der Waals surface area (Å²) in [6, 6.07) is 4.01. The van der Waals surface area contributed by atoms with E-state index in [0.29, 0.717) is 11.4 Å². The summed E-state index contributed by atoms with van der Waals surface area (Å²) in [5, 5.41) is 16.5. The van der Waals surface area contributed by atoms with Crippen LogP contribution in [0.3, 0.4) is 0 Å². The zero-order valence-corrected chi connectivity index (χ0v) is 14.2. The Hall–Kier alpha value is -2.41. The molecule has 0 unspecified atom stereocenters. The fourth-order valence-corrected chi connectivity index (χ4v) is 3.22. The molecule has 0 saturated heterocycles. The van der Waals surface area contributed by atoms with Crippen molar-refractivity contribution in [1.29, 1.82) is 0 Å². The standard InChI is InChI=1S/C16H19N5OS/c1-4-7-21-9-12(11(3)20-21)16(22)17-15-10(2)14(18-19-15)13-6-5-8-23-13/h5-6,8-9H,4,7H2,1-3H3,(H2,17,18,19,22). The van der Waals surface area contributed by atoms with Gasteiger partial charge in [0.25, 0.3) is 5.91 Å². The van der Waals surface area contributed by atoms with Crippen LogP contribution in [0, 0.1) is 13.8 Å². The van der Waals surface area contributed by atoms with Crippen LogP contribution in [0.5, 0.6) is 0 Å². The van der Waals surface area contributed by atoms with Gasteiger partial charge < -0.3 is 5.32 Å². The molecule has 7 heteroatoms.